The molecule has 0 spiro atoms. The largest absolute Gasteiger partial charge is 0.465 e. The number of hydrogen-bond acceptors (Lipinski definition) is 5. The Balaban J connectivity index is 4.70. The van der Waals surface area contributed by atoms with Crippen molar-refractivity contribution >= 4 is 11.9 Å². The van der Waals surface area contributed by atoms with Gasteiger partial charge in [-0.15, -0.1) is 0 Å². The molecule has 1 N–H and O–H groups in total. The Bertz CT molecular complexity index is 206. The van der Waals surface area contributed by atoms with Gasteiger partial charge in [0.05, 0.1) is 13.2 Å². The fraction of sp³-hybridized carbons (Fsp3) is 0.800. The van der Waals surface area contributed by atoms with Crippen LogP contribution in [-0.2, 0) is 19.1 Å². The quantitative estimate of drug-likeness (QED) is 0.519. The van der Waals surface area contributed by atoms with Crippen LogP contribution in [0.3, 0.4) is 0 Å². The molecule has 0 atom stereocenters. The number of aliphatic hydroxyl groups is 1. The monoisotopic (exact) mass is 218 g/mol. The maximum absolute atomic E-state index is 11.5. The van der Waals surface area contributed by atoms with E-state index in [1.165, 1.54) is 6.92 Å². The lowest BCUT2D eigenvalue weighted by Crippen LogP contribution is -2.40. The van der Waals surface area contributed by atoms with Crippen LogP contribution in [0.25, 0.3) is 0 Å². The van der Waals surface area contributed by atoms with E-state index in [2.05, 4.69) is 0 Å². The zero-order valence-corrected chi connectivity index (χ0v) is 9.41. The lowest BCUT2D eigenvalue weighted by atomic mass is 9.87. The molecule has 0 saturated carbocycles. The highest BCUT2D eigenvalue weighted by Gasteiger charge is 2.43. The van der Waals surface area contributed by atoms with Gasteiger partial charge in [-0.25, -0.2) is 0 Å². The molecule has 0 aliphatic carbocycles. The molecule has 0 fully saturated rings. The molecular formula is C10H18O5. The Kier molecular flexibility index (Phi) is 5.93. The van der Waals surface area contributed by atoms with Crippen molar-refractivity contribution in [3.63, 3.8) is 0 Å². The molecule has 0 radical (unpaired) electrons. The Hall–Kier alpha value is -1.10. The van der Waals surface area contributed by atoms with Crippen molar-refractivity contribution in [2.24, 2.45) is 5.41 Å². The van der Waals surface area contributed by atoms with Crippen molar-refractivity contribution in [3.8, 4) is 0 Å². The minimum atomic E-state index is -1.40. The Morgan fingerprint density at radius 1 is 1.13 bits per heavy atom. The zero-order chi connectivity index (χ0) is 11.9. The summed E-state index contributed by atoms with van der Waals surface area (Å²) >= 11 is 0. The van der Waals surface area contributed by atoms with E-state index >= 15 is 0 Å². The number of hydrogen-bond donors (Lipinski definition) is 1. The second-order valence-corrected chi connectivity index (χ2v) is 3.25. The molecule has 0 unspecified atom stereocenters. The SMILES string of the molecule is CCOC(=O)C(C)(CCO)C(=O)OCC. The third-order valence-corrected chi connectivity index (χ3v) is 2.06. The summed E-state index contributed by atoms with van der Waals surface area (Å²) in [5, 5.41) is 8.82. The lowest BCUT2D eigenvalue weighted by Gasteiger charge is -2.23. The molecule has 5 heteroatoms. The van der Waals surface area contributed by atoms with Gasteiger partial charge in [0.1, 0.15) is 0 Å². The van der Waals surface area contributed by atoms with Crippen LogP contribution < -0.4 is 0 Å². The van der Waals surface area contributed by atoms with Crippen LogP contribution in [0.2, 0.25) is 0 Å². The topological polar surface area (TPSA) is 72.8 Å². The molecule has 0 aromatic carbocycles. The van der Waals surface area contributed by atoms with Gasteiger partial charge in [-0.2, -0.15) is 0 Å². The predicted octanol–water partition coefficient (Wildman–Crippen LogP) is 0.501. The summed E-state index contributed by atoms with van der Waals surface area (Å²) in [5.74, 6) is -1.31. The summed E-state index contributed by atoms with van der Waals surface area (Å²) in [5.41, 5.74) is -1.40. The van der Waals surface area contributed by atoms with Crippen molar-refractivity contribution in [2.45, 2.75) is 27.2 Å². The van der Waals surface area contributed by atoms with Crippen LogP contribution in [0.4, 0.5) is 0 Å². The maximum Gasteiger partial charge on any atom is 0.323 e. The van der Waals surface area contributed by atoms with Gasteiger partial charge in [-0.3, -0.25) is 9.59 Å². The van der Waals surface area contributed by atoms with E-state index in [1.807, 2.05) is 0 Å². The minimum Gasteiger partial charge on any atom is -0.465 e. The first-order chi connectivity index (χ1) is 7.02. The normalized spacial score (nSPS) is 10.9. The molecule has 5 nitrogen and oxygen atoms in total. The van der Waals surface area contributed by atoms with Gasteiger partial charge < -0.3 is 14.6 Å². The maximum atomic E-state index is 11.5. The summed E-state index contributed by atoms with van der Waals surface area (Å²) in [4.78, 5) is 23.1. The highest BCUT2D eigenvalue weighted by molar-refractivity contribution is 5.99. The molecule has 0 amide bonds. The average molecular weight is 218 g/mol. The van der Waals surface area contributed by atoms with Gasteiger partial charge >= 0.3 is 11.9 Å². The Morgan fingerprint density at radius 3 is 1.80 bits per heavy atom. The Morgan fingerprint density at radius 2 is 1.53 bits per heavy atom. The number of rotatable bonds is 6. The van der Waals surface area contributed by atoms with E-state index in [-0.39, 0.29) is 26.2 Å². The van der Waals surface area contributed by atoms with Crippen LogP contribution in [0.15, 0.2) is 0 Å². The third kappa shape index (κ3) is 3.51. The van der Waals surface area contributed by atoms with Gasteiger partial charge in [0, 0.05) is 6.61 Å². The molecule has 0 heterocycles. The highest BCUT2D eigenvalue weighted by atomic mass is 16.6. The van der Waals surface area contributed by atoms with Crippen LogP contribution in [-0.4, -0.2) is 36.9 Å². The van der Waals surface area contributed by atoms with E-state index < -0.39 is 17.4 Å². The number of carbonyl (C=O) groups excluding carboxylic acids is 2. The molecule has 0 aliphatic heterocycles. The van der Waals surface area contributed by atoms with Crippen LogP contribution >= 0.6 is 0 Å². The number of ether oxygens (including phenoxy) is 2. The van der Waals surface area contributed by atoms with Gasteiger partial charge in [-0.05, 0) is 27.2 Å². The smallest absolute Gasteiger partial charge is 0.323 e. The van der Waals surface area contributed by atoms with E-state index in [9.17, 15) is 9.59 Å². The lowest BCUT2D eigenvalue weighted by molar-refractivity contribution is -0.171. The Labute approximate surface area is 89.4 Å². The molecule has 0 aromatic rings. The van der Waals surface area contributed by atoms with Gasteiger partial charge in [0.25, 0.3) is 0 Å². The second kappa shape index (κ2) is 6.40. The van der Waals surface area contributed by atoms with Crippen LogP contribution in [0.1, 0.15) is 27.2 Å². The predicted molar refractivity (Wildman–Crippen MR) is 53.1 cm³/mol. The van der Waals surface area contributed by atoms with Gasteiger partial charge in [0.15, 0.2) is 5.41 Å². The van der Waals surface area contributed by atoms with Crippen LogP contribution in [0.5, 0.6) is 0 Å². The first kappa shape index (κ1) is 13.9. The molecule has 88 valence electrons. The number of esters is 2. The van der Waals surface area contributed by atoms with E-state index in [4.69, 9.17) is 14.6 Å². The summed E-state index contributed by atoms with van der Waals surface area (Å²) in [7, 11) is 0. The average Bonchev–Trinajstić information content (AvgIpc) is 2.18. The highest BCUT2D eigenvalue weighted by Crippen LogP contribution is 2.25. The van der Waals surface area contributed by atoms with Crippen molar-refractivity contribution in [3.05, 3.63) is 0 Å². The fourth-order valence-corrected chi connectivity index (χ4v) is 1.09. The molecule has 15 heavy (non-hydrogen) atoms. The van der Waals surface area contributed by atoms with E-state index in [1.54, 1.807) is 13.8 Å². The van der Waals surface area contributed by atoms with Crippen molar-refractivity contribution < 1.29 is 24.2 Å². The zero-order valence-electron chi connectivity index (χ0n) is 9.41. The van der Waals surface area contributed by atoms with Crippen molar-refractivity contribution in [2.75, 3.05) is 19.8 Å². The first-order valence-corrected chi connectivity index (χ1v) is 4.98. The van der Waals surface area contributed by atoms with E-state index in [0.29, 0.717) is 0 Å². The summed E-state index contributed by atoms with van der Waals surface area (Å²) < 4.78 is 9.55. The standard InChI is InChI=1S/C10H18O5/c1-4-14-8(12)10(3,6-7-11)9(13)15-5-2/h11H,4-7H2,1-3H3. The fourth-order valence-electron chi connectivity index (χ4n) is 1.09. The number of carbonyl (C=O) groups is 2. The van der Waals surface area contributed by atoms with Gasteiger partial charge in [0.2, 0.25) is 0 Å². The van der Waals surface area contributed by atoms with E-state index in [0.717, 1.165) is 0 Å². The molecule has 0 aromatic heterocycles. The summed E-state index contributed by atoms with van der Waals surface area (Å²) in [6, 6.07) is 0. The third-order valence-electron chi connectivity index (χ3n) is 2.06. The molecule has 0 rings (SSSR count). The number of aliphatic hydroxyl groups excluding tert-OH is 1. The van der Waals surface area contributed by atoms with Crippen LogP contribution in [0, 0.1) is 5.41 Å². The first-order valence-electron chi connectivity index (χ1n) is 4.98. The molecule has 0 aliphatic rings. The molecule has 0 saturated heterocycles. The second-order valence-electron chi connectivity index (χ2n) is 3.25. The summed E-state index contributed by atoms with van der Waals surface area (Å²) in [6.07, 6.45) is 0.00463. The molecule has 0 bridgehead atoms. The minimum absolute atomic E-state index is 0.00463. The summed E-state index contributed by atoms with van der Waals surface area (Å²) in [6.45, 7) is 4.84. The molecular weight excluding hydrogens is 200 g/mol. The van der Waals surface area contributed by atoms with Crippen molar-refractivity contribution in [1.82, 2.24) is 0 Å². The van der Waals surface area contributed by atoms with Gasteiger partial charge in [-0.1, -0.05) is 0 Å². The van der Waals surface area contributed by atoms with Crippen molar-refractivity contribution in [1.29, 1.82) is 0 Å².